The number of aromatic nitrogens is 3. The zero-order chi connectivity index (χ0) is 12.5. The number of nitrogens with zero attached hydrogens (tertiary/aromatic N) is 3. The maximum Gasteiger partial charge on any atom is 0.243 e. The Morgan fingerprint density at radius 3 is 2.44 bits per heavy atom. The van der Waals surface area contributed by atoms with Crippen molar-refractivity contribution in [2.75, 3.05) is 0 Å². The van der Waals surface area contributed by atoms with E-state index in [2.05, 4.69) is 15.2 Å². The summed E-state index contributed by atoms with van der Waals surface area (Å²) in [6.45, 7) is 0. The van der Waals surface area contributed by atoms with Crippen LogP contribution in [0.5, 0.6) is 0 Å². The van der Waals surface area contributed by atoms with Crippen LogP contribution >= 0.6 is 23.2 Å². The summed E-state index contributed by atoms with van der Waals surface area (Å²) in [4.78, 5) is 4.14. The Morgan fingerprint density at radius 2 is 1.61 bits per heavy atom. The van der Waals surface area contributed by atoms with Crippen molar-refractivity contribution in [2.45, 2.75) is 0 Å². The first-order valence-electron chi connectivity index (χ1n) is 5.28. The Morgan fingerprint density at radius 1 is 0.778 bits per heavy atom. The molecule has 0 saturated carbocycles. The van der Waals surface area contributed by atoms with Gasteiger partial charge in [-0.05, 0) is 47.0 Å². The Hall–Kier alpha value is -1.71. The number of hydrogen-bond acceptors (Lipinski definition) is 3. The predicted octanol–water partition coefficient (Wildman–Crippen LogP) is 4.00. The van der Waals surface area contributed by atoms with E-state index < -0.39 is 0 Å². The maximum absolute atomic E-state index is 5.98. The van der Waals surface area contributed by atoms with Gasteiger partial charge in [0.2, 0.25) is 5.28 Å². The van der Waals surface area contributed by atoms with Gasteiger partial charge in [0, 0.05) is 5.02 Å². The minimum atomic E-state index is 0.144. The van der Waals surface area contributed by atoms with Crippen LogP contribution in [-0.4, -0.2) is 15.2 Å². The first-order valence-corrected chi connectivity index (χ1v) is 6.04. The number of hydrogen-bond donors (Lipinski definition) is 0. The van der Waals surface area contributed by atoms with E-state index in [4.69, 9.17) is 23.2 Å². The summed E-state index contributed by atoms with van der Waals surface area (Å²) in [6, 6.07) is 13.4. The maximum atomic E-state index is 5.98. The van der Waals surface area contributed by atoms with Gasteiger partial charge in [-0.2, -0.15) is 0 Å². The Balaban J connectivity index is 2.18. The summed E-state index contributed by atoms with van der Waals surface area (Å²) in [5.41, 5.74) is 3.47. The lowest BCUT2D eigenvalue weighted by molar-refractivity contribution is 1.02. The van der Waals surface area contributed by atoms with E-state index in [1.165, 1.54) is 0 Å². The third-order valence-corrected chi connectivity index (χ3v) is 2.98. The van der Waals surface area contributed by atoms with Crippen LogP contribution in [0.2, 0.25) is 10.3 Å². The van der Waals surface area contributed by atoms with Crippen LogP contribution in [0.3, 0.4) is 0 Å². The molecule has 0 N–H and O–H groups in total. The van der Waals surface area contributed by atoms with Crippen molar-refractivity contribution < 1.29 is 0 Å². The SMILES string of the molecule is Clc1cccc(-c2ccc3nnc(Cl)nc3c2)c1. The zero-order valence-electron chi connectivity index (χ0n) is 9.14. The molecule has 2 aromatic carbocycles. The van der Waals surface area contributed by atoms with Gasteiger partial charge in [0.05, 0.1) is 5.52 Å². The summed E-state index contributed by atoms with van der Waals surface area (Å²) >= 11 is 11.7. The van der Waals surface area contributed by atoms with Crippen LogP contribution in [0.4, 0.5) is 0 Å². The van der Waals surface area contributed by atoms with Crippen molar-refractivity contribution in [1.82, 2.24) is 15.2 Å². The minimum Gasteiger partial charge on any atom is -0.215 e. The van der Waals surface area contributed by atoms with E-state index in [9.17, 15) is 0 Å². The minimum absolute atomic E-state index is 0.144. The summed E-state index contributed by atoms with van der Waals surface area (Å²) in [5, 5.41) is 8.51. The van der Waals surface area contributed by atoms with Gasteiger partial charge >= 0.3 is 0 Å². The lowest BCUT2D eigenvalue weighted by atomic mass is 10.1. The van der Waals surface area contributed by atoms with E-state index in [1.807, 2.05) is 42.5 Å². The molecule has 1 aromatic heterocycles. The van der Waals surface area contributed by atoms with Crippen LogP contribution in [0.25, 0.3) is 22.2 Å². The second-order valence-electron chi connectivity index (χ2n) is 3.79. The fraction of sp³-hybridized carbons (Fsp3) is 0. The van der Waals surface area contributed by atoms with Crippen LogP contribution in [0, 0.1) is 0 Å². The number of rotatable bonds is 1. The normalized spacial score (nSPS) is 10.8. The largest absolute Gasteiger partial charge is 0.243 e. The fourth-order valence-corrected chi connectivity index (χ4v) is 2.08. The molecule has 0 unspecified atom stereocenters. The summed E-state index contributed by atoms with van der Waals surface area (Å²) in [6.07, 6.45) is 0. The molecule has 0 spiro atoms. The second kappa shape index (κ2) is 4.52. The van der Waals surface area contributed by atoms with Crippen molar-refractivity contribution in [3.8, 4) is 11.1 Å². The molecular weight excluding hydrogens is 269 g/mol. The Bertz CT molecular complexity index is 728. The second-order valence-corrected chi connectivity index (χ2v) is 4.57. The molecule has 18 heavy (non-hydrogen) atoms. The molecule has 3 aromatic rings. The average molecular weight is 276 g/mol. The van der Waals surface area contributed by atoms with Crippen LogP contribution in [0.15, 0.2) is 42.5 Å². The summed E-state index contributed by atoms with van der Waals surface area (Å²) in [5.74, 6) is 0. The van der Waals surface area contributed by atoms with Crippen LogP contribution < -0.4 is 0 Å². The van der Waals surface area contributed by atoms with E-state index in [-0.39, 0.29) is 5.28 Å². The van der Waals surface area contributed by atoms with E-state index in [1.54, 1.807) is 0 Å². The van der Waals surface area contributed by atoms with Gasteiger partial charge in [-0.3, -0.25) is 0 Å². The molecule has 0 saturated heterocycles. The topological polar surface area (TPSA) is 38.7 Å². The fourth-order valence-electron chi connectivity index (χ4n) is 1.76. The molecule has 1 heterocycles. The summed E-state index contributed by atoms with van der Waals surface area (Å²) < 4.78 is 0. The number of halogens is 2. The third-order valence-electron chi connectivity index (χ3n) is 2.59. The van der Waals surface area contributed by atoms with Crippen LogP contribution in [0.1, 0.15) is 0 Å². The van der Waals surface area contributed by atoms with Crippen molar-refractivity contribution >= 4 is 34.2 Å². The molecule has 0 bridgehead atoms. The van der Waals surface area contributed by atoms with Crippen molar-refractivity contribution in [2.24, 2.45) is 0 Å². The van der Waals surface area contributed by atoms with Crippen molar-refractivity contribution in [3.05, 3.63) is 52.8 Å². The zero-order valence-corrected chi connectivity index (χ0v) is 10.7. The van der Waals surface area contributed by atoms with E-state index >= 15 is 0 Å². The van der Waals surface area contributed by atoms with Crippen LogP contribution in [-0.2, 0) is 0 Å². The molecule has 0 radical (unpaired) electrons. The third kappa shape index (κ3) is 2.15. The Labute approximate surface area is 113 Å². The molecule has 0 aliphatic rings. The highest BCUT2D eigenvalue weighted by atomic mass is 35.5. The molecule has 3 nitrogen and oxygen atoms in total. The quantitative estimate of drug-likeness (QED) is 0.674. The van der Waals surface area contributed by atoms with Crippen molar-refractivity contribution in [1.29, 1.82) is 0 Å². The van der Waals surface area contributed by atoms with E-state index in [0.717, 1.165) is 11.1 Å². The van der Waals surface area contributed by atoms with E-state index in [0.29, 0.717) is 16.1 Å². The lowest BCUT2D eigenvalue weighted by Gasteiger charge is -2.03. The first kappa shape index (κ1) is 11.4. The highest BCUT2D eigenvalue weighted by molar-refractivity contribution is 6.30. The van der Waals surface area contributed by atoms with Gasteiger partial charge in [-0.1, -0.05) is 29.8 Å². The van der Waals surface area contributed by atoms with Gasteiger partial charge in [0.25, 0.3) is 0 Å². The molecule has 0 fully saturated rings. The highest BCUT2D eigenvalue weighted by Crippen LogP contribution is 2.25. The van der Waals surface area contributed by atoms with Gasteiger partial charge in [-0.15, -0.1) is 10.2 Å². The molecule has 3 rings (SSSR count). The molecule has 0 aliphatic carbocycles. The lowest BCUT2D eigenvalue weighted by Crippen LogP contribution is -1.89. The molecule has 0 amide bonds. The van der Waals surface area contributed by atoms with Gasteiger partial charge in [0.1, 0.15) is 5.52 Å². The molecule has 0 aliphatic heterocycles. The molecule has 5 heteroatoms. The average Bonchev–Trinajstić information content (AvgIpc) is 2.38. The smallest absolute Gasteiger partial charge is 0.215 e. The molecular formula is C13H7Cl2N3. The Kier molecular flexibility index (Phi) is 2.86. The first-order chi connectivity index (χ1) is 8.72. The van der Waals surface area contributed by atoms with Gasteiger partial charge in [0.15, 0.2) is 0 Å². The molecule has 0 atom stereocenters. The number of benzene rings is 2. The predicted molar refractivity (Wildman–Crippen MR) is 72.8 cm³/mol. The van der Waals surface area contributed by atoms with Crippen molar-refractivity contribution in [3.63, 3.8) is 0 Å². The van der Waals surface area contributed by atoms with Gasteiger partial charge in [-0.25, -0.2) is 4.98 Å². The van der Waals surface area contributed by atoms with Gasteiger partial charge < -0.3 is 0 Å². The summed E-state index contributed by atoms with van der Waals surface area (Å²) in [7, 11) is 0. The number of fused-ring (bicyclic) bond motifs is 1. The standard InChI is InChI=1S/C13H7Cl2N3/c14-10-3-1-2-8(6-10)9-4-5-11-12(7-9)16-13(15)18-17-11/h1-7H. The highest BCUT2D eigenvalue weighted by Gasteiger charge is 2.03. The monoisotopic (exact) mass is 275 g/mol. The molecule has 88 valence electrons.